The Labute approximate surface area is 126 Å². The van der Waals surface area contributed by atoms with Crippen LogP contribution in [0, 0.1) is 19.7 Å². The first-order valence-corrected chi connectivity index (χ1v) is 7.65. The minimum absolute atomic E-state index is 0.130. The third-order valence-corrected chi connectivity index (χ3v) is 4.89. The van der Waals surface area contributed by atoms with Crippen LogP contribution in [0.25, 0.3) is 10.1 Å². The Bertz CT molecular complexity index is 768. The van der Waals surface area contributed by atoms with Crippen molar-refractivity contribution in [3.8, 4) is 0 Å². The van der Waals surface area contributed by atoms with Gasteiger partial charge in [-0.3, -0.25) is 0 Å². The third-order valence-electron chi connectivity index (χ3n) is 3.61. The Balaban J connectivity index is 1.81. The van der Waals surface area contributed by atoms with Gasteiger partial charge in [-0.2, -0.15) is 0 Å². The average molecular weight is 301 g/mol. The van der Waals surface area contributed by atoms with E-state index in [-0.39, 0.29) is 5.82 Å². The smallest absolute Gasteiger partial charge is 0.129 e. The number of fused-ring (bicyclic) bond motifs is 1. The number of thiophene rings is 1. The molecule has 2 heterocycles. The van der Waals surface area contributed by atoms with Crippen LogP contribution in [-0.2, 0) is 6.42 Å². The van der Waals surface area contributed by atoms with Gasteiger partial charge in [-0.25, -0.2) is 14.4 Å². The van der Waals surface area contributed by atoms with Crippen LogP contribution in [-0.4, -0.2) is 16.5 Å². The van der Waals surface area contributed by atoms with Crippen LogP contribution in [0.5, 0.6) is 0 Å². The molecule has 3 rings (SSSR count). The van der Waals surface area contributed by atoms with E-state index < -0.39 is 0 Å². The van der Waals surface area contributed by atoms with E-state index in [1.54, 1.807) is 23.6 Å². The van der Waals surface area contributed by atoms with Crippen molar-refractivity contribution in [2.75, 3.05) is 11.9 Å². The summed E-state index contributed by atoms with van der Waals surface area (Å²) in [6.45, 7) is 4.73. The highest BCUT2D eigenvalue weighted by Crippen LogP contribution is 2.34. The SMILES string of the molecule is Cc1sc2c(C)c(F)ccc2c1CCNc1ccncn1. The second kappa shape index (κ2) is 5.77. The van der Waals surface area contributed by atoms with Crippen LogP contribution < -0.4 is 5.32 Å². The van der Waals surface area contributed by atoms with Gasteiger partial charge in [-0.1, -0.05) is 6.07 Å². The first kappa shape index (κ1) is 13.9. The minimum atomic E-state index is -0.130. The van der Waals surface area contributed by atoms with Gasteiger partial charge in [0, 0.05) is 27.9 Å². The van der Waals surface area contributed by atoms with Crippen LogP contribution in [0.4, 0.5) is 10.2 Å². The van der Waals surface area contributed by atoms with Gasteiger partial charge < -0.3 is 5.32 Å². The standard InChI is InChI=1S/C16H16FN3S/c1-10-14(17)4-3-13-12(11(2)21-16(10)13)5-8-19-15-6-7-18-9-20-15/h3-4,6-7,9H,5,8H2,1-2H3,(H,18,19,20). The molecule has 21 heavy (non-hydrogen) atoms. The molecule has 1 aromatic carbocycles. The molecule has 3 aromatic rings. The molecule has 0 spiro atoms. The number of nitrogens with one attached hydrogen (secondary N) is 1. The predicted molar refractivity (Wildman–Crippen MR) is 85.5 cm³/mol. The fraction of sp³-hybridized carbons (Fsp3) is 0.250. The number of benzene rings is 1. The van der Waals surface area contributed by atoms with Crippen molar-refractivity contribution in [1.82, 2.24) is 9.97 Å². The molecule has 5 heteroatoms. The second-order valence-corrected chi connectivity index (χ2v) is 6.18. The van der Waals surface area contributed by atoms with E-state index >= 15 is 0 Å². The summed E-state index contributed by atoms with van der Waals surface area (Å²) in [7, 11) is 0. The molecule has 1 N–H and O–H groups in total. The van der Waals surface area contributed by atoms with E-state index in [1.165, 1.54) is 22.2 Å². The monoisotopic (exact) mass is 301 g/mol. The van der Waals surface area contributed by atoms with Crippen LogP contribution >= 0.6 is 11.3 Å². The maximum atomic E-state index is 13.6. The van der Waals surface area contributed by atoms with Gasteiger partial charge in [-0.05, 0) is 43.4 Å². The quantitative estimate of drug-likeness (QED) is 0.788. The topological polar surface area (TPSA) is 37.8 Å². The van der Waals surface area contributed by atoms with Crippen LogP contribution in [0.3, 0.4) is 0 Å². The molecule has 0 bridgehead atoms. The van der Waals surface area contributed by atoms with Crippen LogP contribution in [0.2, 0.25) is 0 Å². The Morgan fingerprint density at radius 3 is 2.86 bits per heavy atom. The first-order valence-electron chi connectivity index (χ1n) is 6.84. The summed E-state index contributed by atoms with van der Waals surface area (Å²) >= 11 is 1.67. The summed E-state index contributed by atoms with van der Waals surface area (Å²) in [5.41, 5.74) is 2.04. The predicted octanol–water partition coefficient (Wildman–Crippen LogP) is 4.10. The van der Waals surface area contributed by atoms with E-state index in [0.717, 1.165) is 29.0 Å². The zero-order valence-corrected chi connectivity index (χ0v) is 12.8. The molecule has 0 saturated heterocycles. The molecule has 0 aliphatic rings. The van der Waals surface area contributed by atoms with Gasteiger partial charge >= 0.3 is 0 Å². The highest BCUT2D eigenvalue weighted by atomic mass is 32.1. The van der Waals surface area contributed by atoms with Crippen molar-refractivity contribution in [3.63, 3.8) is 0 Å². The lowest BCUT2D eigenvalue weighted by molar-refractivity contribution is 0.621. The third kappa shape index (κ3) is 2.74. The minimum Gasteiger partial charge on any atom is -0.370 e. The molecular formula is C16H16FN3S. The van der Waals surface area contributed by atoms with E-state index in [2.05, 4.69) is 22.2 Å². The van der Waals surface area contributed by atoms with Gasteiger partial charge in [0.15, 0.2) is 0 Å². The number of nitrogens with zero attached hydrogens (tertiary/aromatic N) is 2. The molecule has 0 unspecified atom stereocenters. The molecule has 0 fully saturated rings. The Hall–Kier alpha value is -2.01. The second-order valence-electron chi connectivity index (χ2n) is 4.96. The summed E-state index contributed by atoms with van der Waals surface area (Å²) < 4.78 is 14.7. The Morgan fingerprint density at radius 1 is 1.24 bits per heavy atom. The lowest BCUT2D eigenvalue weighted by atomic mass is 10.1. The molecule has 0 amide bonds. The van der Waals surface area contributed by atoms with Crippen molar-refractivity contribution in [1.29, 1.82) is 0 Å². The first-order chi connectivity index (χ1) is 10.2. The molecule has 0 aliphatic carbocycles. The van der Waals surface area contributed by atoms with Crippen molar-refractivity contribution in [2.24, 2.45) is 0 Å². The molecule has 0 saturated carbocycles. The van der Waals surface area contributed by atoms with Crippen LogP contribution in [0.1, 0.15) is 16.0 Å². The number of halogens is 1. The number of anilines is 1. The van der Waals surface area contributed by atoms with Gasteiger partial charge in [0.1, 0.15) is 18.0 Å². The summed E-state index contributed by atoms with van der Waals surface area (Å²) in [5, 5.41) is 4.45. The van der Waals surface area contributed by atoms with Crippen molar-refractivity contribution in [3.05, 3.63) is 52.5 Å². The maximum Gasteiger partial charge on any atom is 0.129 e. The summed E-state index contributed by atoms with van der Waals surface area (Å²) in [4.78, 5) is 9.28. The van der Waals surface area contributed by atoms with Gasteiger partial charge in [0.05, 0.1) is 0 Å². The molecule has 2 aromatic heterocycles. The number of hydrogen-bond donors (Lipinski definition) is 1. The molecule has 0 radical (unpaired) electrons. The number of aromatic nitrogens is 2. The normalized spacial score (nSPS) is 11.0. The number of rotatable bonds is 4. The van der Waals surface area contributed by atoms with E-state index in [9.17, 15) is 4.39 Å². The zero-order valence-electron chi connectivity index (χ0n) is 12.0. The van der Waals surface area contributed by atoms with E-state index in [0.29, 0.717) is 0 Å². The largest absolute Gasteiger partial charge is 0.370 e. The highest BCUT2D eigenvalue weighted by Gasteiger charge is 2.12. The lowest BCUT2D eigenvalue weighted by Gasteiger charge is -2.06. The highest BCUT2D eigenvalue weighted by molar-refractivity contribution is 7.19. The Morgan fingerprint density at radius 2 is 2.10 bits per heavy atom. The van der Waals surface area contributed by atoms with Gasteiger partial charge in [0.25, 0.3) is 0 Å². The summed E-state index contributed by atoms with van der Waals surface area (Å²) in [5.74, 6) is 0.693. The number of hydrogen-bond acceptors (Lipinski definition) is 4. The molecule has 0 aliphatic heterocycles. The van der Waals surface area contributed by atoms with Gasteiger partial charge in [-0.15, -0.1) is 11.3 Å². The molecule has 3 nitrogen and oxygen atoms in total. The van der Waals surface area contributed by atoms with Crippen LogP contribution in [0.15, 0.2) is 30.7 Å². The average Bonchev–Trinajstić information content (AvgIpc) is 2.81. The summed E-state index contributed by atoms with van der Waals surface area (Å²) in [6, 6.07) is 5.30. The summed E-state index contributed by atoms with van der Waals surface area (Å²) in [6.07, 6.45) is 4.13. The van der Waals surface area contributed by atoms with E-state index in [1.807, 2.05) is 19.1 Å². The van der Waals surface area contributed by atoms with E-state index in [4.69, 9.17) is 0 Å². The lowest BCUT2D eigenvalue weighted by Crippen LogP contribution is -2.06. The zero-order chi connectivity index (χ0) is 14.8. The number of aryl methyl sites for hydroxylation is 2. The van der Waals surface area contributed by atoms with Crippen molar-refractivity contribution in [2.45, 2.75) is 20.3 Å². The molecular weight excluding hydrogens is 285 g/mol. The fourth-order valence-electron chi connectivity index (χ4n) is 2.46. The Kier molecular flexibility index (Phi) is 3.84. The molecule has 0 atom stereocenters. The van der Waals surface area contributed by atoms with Crippen molar-refractivity contribution < 1.29 is 4.39 Å². The fourth-order valence-corrected chi connectivity index (χ4v) is 3.66. The van der Waals surface area contributed by atoms with Crippen molar-refractivity contribution >= 4 is 27.2 Å². The van der Waals surface area contributed by atoms with Gasteiger partial charge in [0.2, 0.25) is 0 Å². The molecule has 108 valence electrons. The maximum absolute atomic E-state index is 13.6.